The highest BCUT2D eigenvalue weighted by Gasteiger charge is 2.21. The Morgan fingerprint density at radius 2 is 2.05 bits per heavy atom. The number of methoxy groups -OCH3 is 1. The summed E-state index contributed by atoms with van der Waals surface area (Å²) in [7, 11) is 1.29. The highest BCUT2D eigenvalue weighted by Crippen LogP contribution is 2.20. The Labute approximate surface area is 123 Å². The van der Waals surface area contributed by atoms with Crippen molar-refractivity contribution in [2.45, 2.75) is 39.3 Å². The van der Waals surface area contributed by atoms with Crippen LogP contribution in [0.1, 0.15) is 48.7 Å². The molecule has 1 heterocycles. The van der Waals surface area contributed by atoms with E-state index in [1.165, 1.54) is 13.2 Å². The molecular weight excluding hydrogens is 276 g/mol. The Bertz CT molecular complexity index is 516. The fourth-order valence-corrected chi connectivity index (χ4v) is 1.61. The van der Waals surface area contributed by atoms with E-state index in [1.807, 2.05) is 0 Å². The predicted octanol–water partition coefficient (Wildman–Crippen LogP) is 1.90. The highest BCUT2D eigenvalue weighted by atomic mass is 16.6. The Morgan fingerprint density at radius 1 is 1.43 bits per heavy atom. The van der Waals surface area contributed by atoms with Crippen molar-refractivity contribution in [3.05, 3.63) is 23.2 Å². The van der Waals surface area contributed by atoms with Crippen molar-refractivity contribution in [2.75, 3.05) is 13.7 Å². The number of ether oxygens (including phenoxy) is 2. The van der Waals surface area contributed by atoms with E-state index >= 15 is 0 Å². The van der Waals surface area contributed by atoms with Crippen molar-refractivity contribution in [1.29, 1.82) is 0 Å². The van der Waals surface area contributed by atoms with E-state index in [9.17, 15) is 9.59 Å². The normalized spacial score (nSPS) is 12.7. The maximum Gasteiger partial charge on any atom is 0.407 e. The lowest BCUT2D eigenvalue weighted by Gasteiger charge is -2.20. The minimum Gasteiger partial charge on any atom is -0.465 e. The average Bonchev–Trinajstić information content (AvgIpc) is 2.75. The molecular formula is C14H22N2O5. The minimum atomic E-state index is -0.588. The van der Waals surface area contributed by atoms with E-state index < -0.39 is 23.7 Å². The van der Waals surface area contributed by atoms with Crippen LogP contribution in [0.2, 0.25) is 0 Å². The Morgan fingerprint density at radius 3 is 2.57 bits per heavy atom. The first-order chi connectivity index (χ1) is 9.64. The summed E-state index contributed by atoms with van der Waals surface area (Å²) in [6.45, 7) is 7.08. The van der Waals surface area contributed by atoms with Gasteiger partial charge in [-0.15, -0.1) is 0 Å². The topological polar surface area (TPSA) is 104 Å². The molecule has 21 heavy (non-hydrogen) atoms. The molecule has 0 saturated heterocycles. The zero-order chi connectivity index (χ0) is 16.2. The maximum absolute atomic E-state index is 11.5. The molecule has 1 aromatic rings. The van der Waals surface area contributed by atoms with Crippen LogP contribution < -0.4 is 11.1 Å². The number of amides is 1. The number of aryl methyl sites for hydroxylation is 1. The molecule has 1 aromatic heterocycles. The van der Waals surface area contributed by atoms with Crippen LogP contribution in [-0.4, -0.2) is 31.3 Å². The first kappa shape index (κ1) is 17.0. The van der Waals surface area contributed by atoms with E-state index in [4.69, 9.17) is 14.9 Å². The highest BCUT2D eigenvalue weighted by molar-refractivity contribution is 5.90. The van der Waals surface area contributed by atoms with Gasteiger partial charge in [0.2, 0.25) is 0 Å². The number of nitrogens with two attached hydrogens (primary N) is 1. The fraction of sp³-hybridized carbons (Fsp3) is 0.571. The van der Waals surface area contributed by atoms with Gasteiger partial charge < -0.3 is 24.9 Å². The number of furan rings is 1. The summed E-state index contributed by atoms with van der Waals surface area (Å²) in [6, 6.07) is 0.928. The van der Waals surface area contributed by atoms with Gasteiger partial charge in [0.1, 0.15) is 22.7 Å². The van der Waals surface area contributed by atoms with Gasteiger partial charge in [-0.2, -0.15) is 0 Å². The van der Waals surface area contributed by atoms with Crippen LogP contribution in [-0.2, 0) is 9.47 Å². The Kier molecular flexibility index (Phi) is 5.37. The summed E-state index contributed by atoms with van der Waals surface area (Å²) in [5.41, 5.74) is 5.66. The molecule has 7 heteroatoms. The van der Waals surface area contributed by atoms with Crippen LogP contribution in [0.25, 0.3) is 0 Å². The number of hydrogen-bond donors (Lipinski definition) is 2. The number of esters is 1. The molecule has 3 N–H and O–H groups in total. The molecule has 0 aliphatic heterocycles. The lowest BCUT2D eigenvalue weighted by atomic mass is 10.2. The van der Waals surface area contributed by atoms with Crippen LogP contribution in [0.4, 0.5) is 4.79 Å². The summed E-state index contributed by atoms with van der Waals surface area (Å²) >= 11 is 0. The van der Waals surface area contributed by atoms with Crippen molar-refractivity contribution in [2.24, 2.45) is 5.73 Å². The van der Waals surface area contributed by atoms with Crippen molar-refractivity contribution < 1.29 is 23.5 Å². The SMILES string of the molecule is COC(=O)c1cc(C(N)CNC(=O)OC(C)(C)C)oc1C. The zero-order valence-electron chi connectivity index (χ0n) is 13.0. The van der Waals surface area contributed by atoms with Crippen LogP contribution in [0.3, 0.4) is 0 Å². The Hall–Kier alpha value is -2.02. The molecule has 1 amide bonds. The van der Waals surface area contributed by atoms with Gasteiger partial charge in [0.05, 0.1) is 13.2 Å². The number of rotatable bonds is 4. The summed E-state index contributed by atoms with van der Waals surface area (Å²) < 4.78 is 15.1. The van der Waals surface area contributed by atoms with Gasteiger partial charge in [-0.1, -0.05) is 0 Å². The standard InChI is InChI=1S/C14H22N2O5/c1-8-9(12(17)19-5)6-11(20-8)10(15)7-16-13(18)21-14(2,3)4/h6,10H,7,15H2,1-5H3,(H,16,18). The van der Waals surface area contributed by atoms with Gasteiger partial charge in [-0.25, -0.2) is 9.59 Å². The zero-order valence-corrected chi connectivity index (χ0v) is 13.0. The second-order valence-electron chi connectivity index (χ2n) is 5.60. The third kappa shape index (κ3) is 5.11. The van der Waals surface area contributed by atoms with Crippen LogP contribution >= 0.6 is 0 Å². The van der Waals surface area contributed by atoms with Crippen molar-refractivity contribution >= 4 is 12.1 Å². The summed E-state index contributed by atoms with van der Waals surface area (Å²) in [5, 5.41) is 2.55. The van der Waals surface area contributed by atoms with Gasteiger partial charge in [0, 0.05) is 6.54 Å². The van der Waals surface area contributed by atoms with Crippen LogP contribution in [0.5, 0.6) is 0 Å². The summed E-state index contributed by atoms with van der Waals surface area (Å²) in [5.74, 6) is 0.323. The lowest BCUT2D eigenvalue weighted by molar-refractivity contribution is 0.0522. The largest absolute Gasteiger partial charge is 0.465 e. The molecule has 0 radical (unpaired) electrons. The molecule has 0 saturated carbocycles. The fourth-order valence-electron chi connectivity index (χ4n) is 1.61. The van der Waals surface area contributed by atoms with Gasteiger partial charge >= 0.3 is 12.1 Å². The number of carbonyl (C=O) groups is 2. The van der Waals surface area contributed by atoms with Gasteiger partial charge in [0.15, 0.2) is 0 Å². The number of carbonyl (C=O) groups excluding carboxylic acids is 2. The predicted molar refractivity (Wildman–Crippen MR) is 75.9 cm³/mol. The van der Waals surface area contributed by atoms with Crippen molar-refractivity contribution in [1.82, 2.24) is 5.32 Å². The maximum atomic E-state index is 11.5. The molecule has 118 valence electrons. The van der Waals surface area contributed by atoms with E-state index in [1.54, 1.807) is 27.7 Å². The summed E-state index contributed by atoms with van der Waals surface area (Å²) in [6.07, 6.45) is -0.561. The van der Waals surface area contributed by atoms with E-state index in [0.29, 0.717) is 17.1 Å². The smallest absolute Gasteiger partial charge is 0.407 e. The lowest BCUT2D eigenvalue weighted by Crippen LogP contribution is -2.36. The first-order valence-electron chi connectivity index (χ1n) is 6.55. The van der Waals surface area contributed by atoms with E-state index in [-0.39, 0.29) is 6.54 Å². The molecule has 0 fully saturated rings. The molecule has 0 spiro atoms. The molecule has 0 bridgehead atoms. The van der Waals surface area contributed by atoms with Gasteiger partial charge in [-0.05, 0) is 33.8 Å². The third-order valence-corrected chi connectivity index (χ3v) is 2.57. The number of hydrogen-bond acceptors (Lipinski definition) is 6. The van der Waals surface area contributed by atoms with E-state index in [2.05, 4.69) is 10.1 Å². The summed E-state index contributed by atoms with van der Waals surface area (Å²) in [4.78, 5) is 23.0. The van der Waals surface area contributed by atoms with Gasteiger partial charge in [0.25, 0.3) is 0 Å². The average molecular weight is 298 g/mol. The molecule has 7 nitrogen and oxygen atoms in total. The van der Waals surface area contributed by atoms with Gasteiger partial charge in [-0.3, -0.25) is 0 Å². The quantitative estimate of drug-likeness (QED) is 0.823. The number of alkyl carbamates (subject to hydrolysis) is 1. The molecule has 0 aliphatic rings. The Balaban J connectivity index is 2.62. The second-order valence-corrected chi connectivity index (χ2v) is 5.60. The minimum absolute atomic E-state index is 0.127. The first-order valence-corrected chi connectivity index (χ1v) is 6.55. The van der Waals surface area contributed by atoms with Crippen molar-refractivity contribution in [3.63, 3.8) is 0 Å². The molecule has 0 aliphatic carbocycles. The second kappa shape index (κ2) is 6.62. The van der Waals surface area contributed by atoms with Crippen LogP contribution in [0.15, 0.2) is 10.5 Å². The van der Waals surface area contributed by atoms with Crippen LogP contribution in [0, 0.1) is 6.92 Å². The third-order valence-electron chi connectivity index (χ3n) is 2.57. The molecule has 1 atom stereocenters. The van der Waals surface area contributed by atoms with E-state index in [0.717, 1.165) is 0 Å². The molecule has 1 unspecified atom stereocenters. The number of nitrogens with one attached hydrogen (secondary N) is 1. The molecule has 1 rings (SSSR count). The van der Waals surface area contributed by atoms with Crippen molar-refractivity contribution in [3.8, 4) is 0 Å². The molecule has 0 aromatic carbocycles. The monoisotopic (exact) mass is 298 g/mol.